The van der Waals surface area contributed by atoms with Crippen LogP contribution in [0.1, 0.15) is 18.4 Å². The molecule has 0 aromatic heterocycles. The molecule has 5 heteroatoms. The van der Waals surface area contributed by atoms with Crippen LogP contribution in [0.25, 0.3) is 0 Å². The van der Waals surface area contributed by atoms with Crippen LogP contribution in [0.3, 0.4) is 0 Å². The Labute approximate surface area is 112 Å². The summed E-state index contributed by atoms with van der Waals surface area (Å²) in [6, 6.07) is 7.37. The van der Waals surface area contributed by atoms with Crippen molar-refractivity contribution in [2.75, 3.05) is 13.2 Å². The van der Waals surface area contributed by atoms with Crippen molar-refractivity contribution >= 4 is 11.8 Å². The van der Waals surface area contributed by atoms with E-state index in [1.54, 1.807) is 0 Å². The molecule has 19 heavy (non-hydrogen) atoms. The second-order valence-electron chi connectivity index (χ2n) is 4.61. The summed E-state index contributed by atoms with van der Waals surface area (Å²) in [7, 11) is 0. The lowest BCUT2D eigenvalue weighted by molar-refractivity contribution is -0.125. The number of ether oxygens (including phenoxy) is 1. The third kappa shape index (κ3) is 3.98. The molecule has 1 aromatic rings. The van der Waals surface area contributed by atoms with E-state index < -0.39 is 0 Å². The molecular weight excluding hydrogens is 244 g/mol. The zero-order chi connectivity index (χ0) is 13.7. The Kier molecular flexibility index (Phi) is 4.39. The van der Waals surface area contributed by atoms with Gasteiger partial charge in [-0.25, -0.2) is 0 Å². The molecule has 1 heterocycles. The highest BCUT2D eigenvalue weighted by molar-refractivity contribution is 5.90. The number of nitrogens with one attached hydrogen (secondary N) is 2. The molecule has 0 saturated carbocycles. The molecule has 1 aromatic carbocycles. The number of amides is 2. The van der Waals surface area contributed by atoms with Crippen LogP contribution >= 0.6 is 0 Å². The third-order valence-corrected chi connectivity index (χ3v) is 2.97. The predicted octanol–water partition coefficient (Wildman–Crippen LogP) is 0.769. The number of aryl methyl sites for hydroxylation is 1. The maximum absolute atomic E-state index is 11.7. The summed E-state index contributed by atoms with van der Waals surface area (Å²) in [4.78, 5) is 22.7. The Balaban J connectivity index is 1.66. The van der Waals surface area contributed by atoms with Crippen LogP contribution in [-0.4, -0.2) is 31.0 Å². The van der Waals surface area contributed by atoms with Gasteiger partial charge in [-0.05, 0) is 31.0 Å². The van der Waals surface area contributed by atoms with E-state index in [-0.39, 0.29) is 17.9 Å². The molecule has 1 saturated heterocycles. The highest BCUT2D eigenvalue weighted by atomic mass is 16.5. The van der Waals surface area contributed by atoms with Gasteiger partial charge in [0, 0.05) is 6.42 Å². The summed E-state index contributed by atoms with van der Waals surface area (Å²) in [5.41, 5.74) is 1.13. The van der Waals surface area contributed by atoms with Crippen molar-refractivity contribution in [2.45, 2.75) is 25.8 Å². The van der Waals surface area contributed by atoms with E-state index in [1.165, 1.54) is 0 Å². The quantitative estimate of drug-likeness (QED) is 0.770. The number of carbonyl (C=O) groups is 2. The molecule has 102 valence electrons. The Morgan fingerprint density at radius 3 is 3.05 bits per heavy atom. The lowest BCUT2D eigenvalue weighted by Gasteiger charge is -2.11. The first-order valence-electron chi connectivity index (χ1n) is 6.42. The largest absolute Gasteiger partial charge is 0.492 e. The first-order chi connectivity index (χ1) is 9.15. The first-order valence-corrected chi connectivity index (χ1v) is 6.42. The molecule has 0 aliphatic carbocycles. The van der Waals surface area contributed by atoms with Crippen molar-refractivity contribution in [2.24, 2.45) is 0 Å². The molecule has 5 nitrogen and oxygen atoms in total. The summed E-state index contributed by atoms with van der Waals surface area (Å²) in [6.07, 6.45) is 1.00. The van der Waals surface area contributed by atoms with Gasteiger partial charge in [-0.1, -0.05) is 12.1 Å². The molecular formula is C14H18N2O3. The summed E-state index contributed by atoms with van der Waals surface area (Å²) in [5.74, 6) is 0.596. The van der Waals surface area contributed by atoms with Crippen molar-refractivity contribution in [3.05, 3.63) is 29.8 Å². The van der Waals surface area contributed by atoms with Crippen LogP contribution in [0.15, 0.2) is 24.3 Å². The minimum Gasteiger partial charge on any atom is -0.492 e. The standard InChI is InChI=1S/C14H18N2O3/c1-10-3-2-4-11(9-10)19-8-7-15-14(18)12-5-6-13(17)16-12/h2-4,9,12H,5-8H2,1H3,(H,15,18)(H,16,17)/t12-/m0/s1. The summed E-state index contributed by atoms with van der Waals surface area (Å²) in [6.45, 7) is 2.84. The second-order valence-corrected chi connectivity index (χ2v) is 4.61. The monoisotopic (exact) mass is 262 g/mol. The van der Waals surface area contributed by atoms with Gasteiger partial charge in [0.15, 0.2) is 0 Å². The summed E-state index contributed by atoms with van der Waals surface area (Å²) in [5, 5.41) is 5.38. The Morgan fingerprint density at radius 1 is 1.53 bits per heavy atom. The van der Waals surface area contributed by atoms with Crippen molar-refractivity contribution in [3.63, 3.8) is 0 Å². The van der Waals surface area contributed by atoms with Crippen LogP contribution in [0.4, 0.5) is 0 Å². The molecule has 0 unspecified atom stereocenters. The Hall–Kier alpha value is -2.04. The molecule has 2 N–H and O–H groups in total. The highest BCUT2D eigenvalue weighted by Gasteiger charge is 2.26. The number of rotatable bonds is 5. The third-order valence-electron chi connectivity index (χ3n) is 2.97. The highest BCUT2D eigenvalue weighted by Crippen LogP contribution is 2.11. The van der Waals surface area contributed by atoms with Crippen LogP contribution in [0.5, 0.6) is 5.75 Å². The Morgan fingerprint density at radius 2 is 2.37 bits per heavy atom. The van der Waals surface area contributed by atoms with E-state index >= 15 is 0 Å². The van der Waals surface area contributed by atoms with Gasteiger partial charge >= 0.3 is 0 Å². The minimum absolute atomic E-state index is 0.0591. The SMILES string of the molecule is Cc1cccc(OCCNC(=O)[C@@H]2CCC(=O)N2)c1. The van der Waals surface area contributed by atoms with Gasteiger partial charge in [0.1, 0.15) is 18.4 Å². The molecule has 1 fully saturated rings. The van der Waals surface area contributed by atoms with E-state index in [1.807, 2.05) is 31.2 Å². The average molecular weight is 262 g/mol. The maximum atomic E-state index is 11.7. The molecule has 1 aliphatic rings. The number of benzene rings is 1. The van der Waals surface area contributed by atoms with Gasteiger partial charge in [-0.2, -0.15) is 0 Å². The molecule has 1 atom stereocenters. The van der Waals surface area contributed by atoms with Crippen molar-refractivity contribution in [1.29, 1.82) is 0 Å². The van der Waals surface area contributed by atoms with Gasteiger partial charge in [0.05, 0.1) is 6.54 Å². The van der Waals surface area contributed by atoms with E-state index in [9.17, 15) is 9.59 Å². The van der Waals surface area contributed by atoms with Crippen molar-refractivity contribution in [3.8, 4) is 5.75 Å². The second kappa shape index (κ2) is 6.22. The fourth-order valence-electron chi connectivity index (χ4n) is 1.98. The molecule has 0 spiro atoms. The van der Waals surface area contributed by atoms with Crippen molar-refractivity contribution < 1.29 is 14.3 Å². The zero-order valence-corrected chi connectivity index (χ0v) is 10.9. The van der Waals surface area contributed by atoms with Crippen molar-refractivity contribution in [1.82, 2.24) is 10.6 Å². The Bertz CT molecular complexity index is 474. The van der Waals surface area contributed by atoms with Crippen LogP contribution in [0, 0.1) is 6.92 Å². The number of hydrogen-bond acceptors (Lipinski definition) is 3. The van der Waals surface area contributed by atoms with Gasteiger partial charge in [0.25, 0.3) is 0 Å². The average Bonchev–Trinajstić information content (AvgIpc) is 2.81. The predicted molar refractivity (Wildman–Crippen MR) is 70.8 cm³/mol. The number of carbonyl (C=O) groups excluding carboxylic acids is 2. The van der Waals surface area contributed by atoms with E-state index in [0.717, 1.165) is 11.3 Å². The molecule has 0 radical (unpaired) electrons. The molecule has 0 bridgehead atoms. The van der Waals surface area contributed by atoms with E-state index in [4.69, 9.17) is 4.74 Å². The minimum atomic E-state index is -0.383. The van der Waals surface area contributed by atoms with Crippen LogP contribution in [0.2, 0.25) is 0 Å². The van der Waals surface area contributed by atoms with E-state index in [0.29, 0.717) is 26.0 Å². The fraction of sp³-hybridized carbons (Fsp3) is 0.429. The molecule has 1 aliphatic heterocycles. The maximum Gasteiger partial charge on any atom is 0.242 e. The van der Waals surface area contributed by atoms with E-state index in [2.05, 4.69) is 10.6 Å². The fourth-order valence-corrected chi connectivity index (χ4v) is 1.98. The summed E-state index contributed by atoms with van der Waals surface area (Å²) >= 11 is 0. The molecule has 2 amide bonds. The van der Waals surface area contributed by atoms with Gasteiger partial charge < -0.3 is 15.4 Å². The number of hydrogen-bond donors (Lipinski definition) is 2. The zero-order valence-electron chi connectivity index (χ0n) is 10.9. The smallest absolute Gasteiger partial charge is 0.242 e. The molecule has 2 rings (SSSR count). The van der Waals surface area contributed by atoms with Gasteiger partial charge in [-0.3, -0.25) is 9.59 Å². The van der Waals surface area contributed by atoms with Gasteiger partial charge in [0.2, 0.25) is 11.8 Å². The topological polar surface area (TPSA) is 67.4 Å². The normalized spacial score (nSPS) is 17.9. The van der Waals surface area contributed by atoms with Gasteiger partial charge in [-0.15, -0.1) is 0 Å². The lowest BCUT2D eigenvalue weighted by atomic mass is 10.2. The van der Waals surface area contributed by atoms with Crippen LogP contribution < -0.4 is 15.4 Å². The van der Waals surface area contributed by atoms with Crippen LogP contribution in [-0.2, 0) is 9.59 Å². The lowest BCUT2D eigenvalue weighted by Crippen LogP contribution is -2.42. The first kappa shape index (κ1) is 13.4. The summed E-state index contributed by atoms with van der Waals surface area (Å²) < 4.78 is 5.52.